The van der Waals surface area contributed by atoms with E-state index in [2.05, 4.69) is 0 Å². The largest absolute Gasteiger partial charge is 0.508 e. The molecule has 1 unspecified atom stereocenters. The van der Waals surface area contributed by atoms with E-state index >= 15 is 0 Å². The van der Waals surface area contributed by atoms with Crippen molar-refractivity contribution in [2.45, 2.75) is 12.5 Å². The SMILES string of the molecule is CF.NC(Cc1ccc(O)cc1)C(=O)O. The molecule has 0 aliphatic heterocycles. The first kappa shape index (κ1) is 13.4. The van der Waals surface area contributed by atoms with E-state index in [1.807, 2.05) is 0 Å². The number of nitrogens with two attached hydrogens (primary N) is 1. The third-order valence-electron chi connectivity index (χ3n) is 1.71. The minimum absolute atomic E-state index is 0.160. The summed E-state index contributed by atoms with van der Waals surface area (Å²) in [5.41, 5.74) is 6.12. The van der Waals surface area contributed by atoms with E-state index in [1.54, 1.807) is 12.1 Å². The van der Waals surface area contributed by atoms with Crippen LogP contribution in [0.1, 0.15) is 5.56 Å². The Bertz CT molecular complexity index is 300. The zero-order chi connectivity index (χ0) is 11.8. The van der Waals surface area contributed by atoms with Crippen LogP contribution in [0.2, 0.25) is 0 Å². The number of hydrogen-bond acceptors (Lipinski definition) is 3. The van der Waals surface area contributed by atoms with Gasteiger partial charge in [0.25, 0.3) is 0 Å². The zero-order valence-electron chi connectivity index (χ0n) is 8.35. The first-order valence-corrected chi connectivity index (χ1v) is 4.23. The number of carboxylic acid groups (broad SMARTS) is 1. The molecule has 84 valence electrons. The first-order chi connectivity index (χ1) is 7.09. The van der Waals surface area contributed by atoms with E-state index < -0.39 is 12.0 Å². The quantitative estimate of drug-likeness (QED) is 0.700. The van der Waals surface area contributed by atoms with Crippen molar-refractivity contribution < 1.29 is 19.4 Å². The Morgan fingerprint density at radius 2 is 1.87 bits per heavy atom. The number of carbonyl (C=O) groups is 1. The number of rotatable bonds is 3. The molecule has 0 aliphatic rings. The first-order valence-electron chi connectivity index (χ1n) is 4.23. The van der Waals surface area contributed by atoms with Gasteiger partial charge in [-0.15, -0.1) is 0 Å². The van der Waals surface area contributed by atoms with Crippen molar-refractivity contribution in [1.82, 2.24) is 0 Å². The molecule has 1 atom stereocenters. The molecule has 0 radical (unpaired) electrons. The molecule has 4 nitrogen and oxygen atoms in total. The van der Waals surface area contributed by atoms with Gasteiger partial charge in [-0.05, 0) is 24.1 Å². The number of hydrogen-bond donors (Lipinski definition) is 3. The summed E-state index contributed by atoms with van der Waals surface area (Å²) in [6.45, 7) is 0. The lowest BCUT2D eigenvalue weighted by Crippen LogP contribution is -2.32. The average Bonchev–Trinajstić information content (AvgIpc) is 2.24. The standard InChI is InChI=1S/C9H11NO3.CH3F/c10-8(9(12)13)5-6-1-3-7(11)4-2-6;1-2/h1-4,8,11H,5,10H2,(H,12,13);1H3. The van der Waals surface area contributed by atoms with Gasteiger partial charge >= 0.3 is 5.97 Å². The Hall–Kier alpha value is -1.62. The molecule has 0 saturated carbocycles. The van der Waals surface area contributed by atoms with Gasteiger partial charge in [-0.3, -0.25) is 9.18 Å². The van der Waals surface area contributed by atoms with Crippen LogP contribution in [0, 0.1) is 0 Å². The molecule has 0 bridgehead atoms. The van der Waals surface area contributed by atoms with Crippen LogP contribution < -0.4 is 5.73 Å². The van der Waals surface area contributed by atoms with Crippen LogP contribution in [0.5, 0.6) is 5.75 Å². The zero-order valence-corrected chi connectivity index (χ0v) is 8.35. The van der Waals surface area contributed by atoms with Crippen molar-refractivity contribution in [3.8, 4) is 5.75 Å². The van der Waals surface area contributed by atoms with Crippen LogP contribution >= 0.6 is 0 Å². The molecule has 0 heterocycles. The monoisotopic (exact) mass is 215 g/mol. The molecule has 1 aromatic carbocycles. The van der Waals surface area contributed by atoms with E-state index in [0.29, 0.717) is 7.18 Å². The maximum Gasteiger partial charge on any atom is 0.320 e. The molecule has 0 saturated heterocycles. The molecule has 0 spiro atoms. The molecule has 5 heteroatoms. The van der Waals surface area contributed by atoms with Crippen molar-refractivity contribution in [2.24, 2.45) is 5.73 Å². The Morgan fingerprint density at radius 3 is 2.27 bits per heavy atom. The van der Waals surface area contributed by atoms with E-state index in [1.165, 1.54) is 12.1 Å². The minimum atomic E-state index is -1.02. The maximum absolute atomic E-state index is 10.4. The smallest absolute Gasteiger partial charge is 0.320 e. The third-order valence-corrected chi connectivity index (χ3v) is 1.71. The van der Waals surface area contributed by atoms with Crippen LogP contribution in [0.15, 0.2) is 24.3 Å². The molecule has 1 aromatic rings. The van der Waals surface area contributed by atoms with Gasteiger partial charge in [-0.2, -0.15) is 0 Å². The lowest BCUT2D eigenvalue weighted by molar-refractivity contribution is -0.138. The van der Waals surface area contributed by atoms with Crippen LogP contribution in [-0.4, -0.2) is 29.4 Å². The summed E-state index contributed by atoms with van der Waals surface area (Å²) < 4.78 is 9.50. The molecular weight excluding hydrogens is 201 g/mol. The van der Waals surface area contributed by atoms with Crippen LogP contribution in [-0.2, 0) is 11.2 Å². The van der Waals surface area contributed by atoms with Gasteiger partial charge in [0.2, 0.25) is 0 Å². The Kier molecular flexibility index (Phi) is 6.05. The number of phenols is 1. The molecule has 0 aromatic heterocycles. The number of phenolic OH excluding ortho intramolecular Hbond substituents is 1. The van der Waals surface area contributed by atoms with Crippen molar-refractivity contribution in [2.75, 3.05) is 7.18 Å². The summed E-state index contributed by atoms with van der Waals surface area (Å²) in [5, 5.41) is 17.5. The average molecular weight is 215 g/mol. The van der Waals surface area contributed by atoms with Gasteiger partial charge in [-0.1, -0.05) is 12.1 Å². The van der Waals surface area contributed by atoms with Crippen LogP contribution in [0.3, 0.4) is 0 Å². The van der Waals surface area contributed by atoms with Crippen LogP contribution in [0.4, 0.5) is 4.39 Å². The van der Waals surface area contributed by atoms with E-state index in [9.17, 15) is 9.18 Å². The maximum atomic E-state index is 10.4. The molecule has 4 N–H and O–H groups in total. The third kappa shape index (κ3) is 4.97. The Balaban J connectivity index is 0.000000921. The molecular formula is C10H14FNO3. The minimum Gasteiger partial charge on any atom is -0.508 e. The molecule has 0 aliphatic carbocycles. The van der Waals surface area contributed by atoms with Gasteiger partial charge in [-0.25, -0.2) is 0 Å². The van der Waals surface area contributed by atoms with Gasteiger partial charge in [0, 0.05) is 0 Å². The summed E-state index contributed by atoms with van der Waals surface area (Å²) in [4.78, 5) is 10.4. The Morgan fingerprint density at radius 1 is 1.40 bits per heavy atom. The Labute approximate surface area is 87.2 Å². The number of aromatic hydroxyl groups is 1. The highest BCUT2D eigenvalue weighted by Crippen LogP contribution is 2.10. The number of benzene rings is 1. The van der Waals surface area contributed by atoms with E-state index in [-0.39, 0.29) is 12.2 Å². The number of alkyl halides is 1. The highest BCUT2D eigenvalue weighted by Gasteiger charge is 2.11. The van der Waals surface area contributed by atoms with E-state index in [4.69, 9.17) is 15.9 Å². The predicted molar refractivity (Wildman–Crippen MR) is 54.5 cm³/mol. The number of halogens is 1. The molecule has 0 fully saturated rings. The molecule has 15 heavy (non-hydrogen) atoms. The van der Waals surface area contributed by atoms with Gasteiger partial charge < -0.3 is 15.9 Å². The fourth-order valence-corrected chi connectivity index (χ4v) is 0.973. The van der Waals surface area contributed by atoms with Gasteiger partial charge in [0.1, 0.15) is 11.8 Å². The second-order valence-electron chi connectivity index (χ2n) is 2.82. The number of carboxylic acids is 1. The summed E-state index contributed by atoms with van der Waals surface area (Å²) in [7, 11) is 0.500. The summed E-state index contributed by atoms with van der Waals surface area (Å²) in [6.07, 6.45) is 0.273. The van der Waals surface area contributed by atoms with Crippen molar-refractivity contribution in [1.29, 1.82) is 0 Å². The fourth-order valence-electron chi connectivity index (χ4n) is 0.973. The highest BCUT2D eigenvalue weighted by atomic mass is 19.1. The lowest BCUT2D eigenvalue weighted by atomic mass is 10.1. The van der Waals surface area contributed by atoms with Crippen molar-refractivity contribution >= 4 is 5.97 Å². The van der Waals surface area contributed by atoms with Gasteiger partial charge in [0.05, 0.1) is 7.18 Å². The number of aliphatic carboxylic acids is 1. The van der Waals surface area contributed by atoms with E-state index in [0.717, 1.165) is 5.56 Å². The second-order valence-corrected chi connectivity index (χ2v) is 2.82. The normalized spacial score (nSPS) is 11.1. The van der Waals surface area contributed by atoms with Crippen LogP contribution in [0.25, 0.3) is 0 Å². The summed E-state index contributed by atoms with van der Waals surface area (Å²) in [5.74, 6) is -0.860. The summed E-state index contributed by atoms with van der Waals surface area (Å²) >= 11 is 0. The second kappa shape index (κ2) is 6.78. The molecule has 0 amide bonds. The van der Waals surface area contributed by atoms with Crippen molar-refractivity contribution in [3.63, 3.8) is 0 Å². The highest BCUT2D eigenvalue weighted by molar-refractivity contribution is 5.73. The summed E-state index contributed by atoms with van der Waals surface area (Å²) in [6, 6.07) is 5.42. The van der Waals surface area contributed by atoms with Gasteiger partial charge in [0.15, 0.2) is 0 Å². The lowest BCUT2D eigenvalue weighted by Gasteiger charge is -2.05. The fraction of sp³-hybridized carbons (Fsp3) is 0.300. The predicted octanol–water partition coefficient (Wildman–Crippen LogP) is 0.932. The topological polar surface area (TPSA) is 83.5 Å². The van der Waals surface area contributed by atoms with Crippen molar-refractivity contribution in [3.05, 3.63) is 29.8 Å². The molecule has 1 rings (SSSR count).